The molecule has 3 aromatic carbocycles. The summed E-state index contributed by atoms with van der Waals surface area (Å²) >= 11 is 0. The van der Waals surface area contributed by atoms with Crippen LogP contribution >= 0.6 is 0 Å². The summed E-state index contributed by atoms with van der Waals surface area (Å²) in [5, 5.41) is 5.46. The van der Waals surface area contributed by atoms with Gasteiger partial charge in [0.25, 0.3) is 5.91 Å². The second-order valence-electron chi connectivity index (χ2n) is 7.78. The van der Waals surface area contributed by atoms with Crippen LogP contribution in [-0.4, -0.2) is 30.4 Å². The van der Waals surface area contributed by atoms with Crippen molar-refractivity contribution in [3.05, 3.63) is 101 Å². The fourth-order valence-corrected chi connectivity index (χ4v) is 3.24. The van der Waals surface area contributed by atoms with Crippen LogP contribution in [0.3, 0.4) is 0 Å². The van der Waals surface area contributed by atoms with Crippen LogP contribution in [0.4, 0.5) is 10.1 Å². The maximum atomic E-state index is 13.5. The third kappa shape index (κ3) is 7.27. The summed E-state index contributed by atoms with van der Waals surface area (Å²) in [6.45, 7) is 2.37. The molecule has 6 nitrogen and oxygen atoms in total. The van der Waals surface area contributed by atoms with Gasteiger partial charge in [0.15, 0.2) is 0 Å². The summed E-state index contributed by atoms with van der Waals surface area (Å²) in [6.07, 6.45) is 1.97. The molecular weight excluding hydrogens is 435 g/mol. The molecule has 3 rings (SSSR count). The van der Waals surface area contributed by atoms with Crippen LogP contribution in [0.1, 0.15) is 46.0 Å². The molecule has 3 aromatic rings. The van der Waals surface area contributed by atoms with Gasteiger partial charge in [0, 0.05) is 17.7 Å². The van der Waals surface area contributed by atoms with Crippen LogP contribution in [0.15, 0.2) is 78.9 Å². The Morgan fingerprint density at radius 1 is 0.912 bits per heavy atom. The molecule has 7 heteroatoms. The number of carbonyl (C=O) groups is 3. The van der Waals surface area contributed by atoms with Crippen molar-refractivity contribution in [1.29, 1.82) is 0 Å². The molecule has 0 saturated carbocycles. The zero-order valence-corrected chi connectivity index (χ0v) is 18.9. The van der Waals surface area contributed by atoms with Gasteiger partial charge in [-0.15, -0.1) is 0 Å². The average molecular weight is 463 g/mol. The monoisotopic (exact) mass is 462 g/mol. The number of nitrogens with one attached hydrogen (secondary N) is 2. The van der Waals surface area contributed by atoms with Crippen molar-refractivity contribution in [3.8, 4) is 0 Å². The van der Waals surface area contributed by atoms with Crippen LogP contribution in [0, 0.1) is 5.82 Å². The molecule has 0 radical (unpaired) electrons. The largest absolute Gasteiger partial charge is 0.462 e. The lowest BCUT2D eigenvalue weighted by Gasteiger charge is -2.19. The van der Waals surface area contributed by atoms with E-state index in [1.807, 2.05) is 37.3 Å². The predicted octanol–water partition coefficient (Wildman–Crippen LogP) is 4.76. The molecule has 0 aliphatic carbocycles. The lowest BCUT2D eigenvalue weighted by molar-refractivity contribution is -0.118. The molecule has 0 spiro atoms. The van der Waals surface area contributed by atoms with Gasteiger partial charge in [-0.1, -0.05) is 49.7 Å². The molecule has 2 amide bonds. The molecule has 1 unspecified atom stereocenters. The number of carbonyl (C=O) groups excluding carboxylic acids is 3. The maximum Gasteiger partial charge on any atom is 0.338 e. The van der Waals surface area contributed by atoms with Crippen LogP contribution in [0.25, 0.3) is 0 Å². The molecule has 0 aromatic heterocycles. The third-order valence-electron chi connectivity index (χ3n) is 5.11. The highest BCUT2D eigenvalue weighted by molar-refractivity contribution is 6.01. The second kappa shape index (κ2) is 12.3. The van der Waals surface area contributed by atoms with Gasteiger partial charge < -0.3 is 15.4 Å². The summed E-state index contributed by atoms with van der Waals surface area (Å²) in [6, 6.07) is 20.0. The Bertz CT molecular complexity index is 1120. The van der Waals surface area contributed by atoms with Crippen molar-refractivity contribution >= 4 is 23.5 Å². The third-order valence-corrected chi connectivity index (χ3v) is 5.11. The van der Waals surface area contributed by atoms with E-state index in [0.29, 0.717) is 17.9 Å². The van der Waals surface area contributed by atoms with E-state index in [1.54, 1.807) is 24.3 Å². The van der Waals surface area contributed by atoms with Crippen molar-refractivity contribution in [2.24, 2.45) is 0 Å². The van der Waals surface area contributed by atoms with Gasteiger partial charge >= 0.3 is 5.97 Å². The van der Waals surface area contributed by atoms with Gasteiger partial charge in [-0.05, 0) is 54.4 Å². The minimum atomic E-state index is -0.906. The first-order valence-corrected chi connectivity index (χ1v) is 11.1. The highest BCUT2D eigenvalue weighted by atomic mass is 19.1. The molecule has 1 atom stereocenters. The van der Waals surface area contributed by atoms with Crippen LogP contribution in [0.2, 0.25) is 0 Å². The molecule has 0 aliphatic heterocycles. The van der Waals surface area contributed by atoms with Crippen LogP contribution < -0.4 is 10.6 Å². The minimum absolute atomic E-state index is 0.122. The van der Waals surface area contributed by atoms with Crippen molar-refractivity contribution in [2.45, 2.75) is 32.2 Å². The quantitative estimate of drug-likeness (QED) is 0.336. The number of halogens is 1. The fraction of sp³-hybridized carbons (Fsp3) is 0.222. The SMILES string of the molecule is CCCCOC(=O)c1ccc(NC(=O)C(Cc2ccccc2)NC(=O)c2cccc(F)c2)cc1. The smallest absolute Gasteiger partial charge is 0.338 e. The first-order valence-electron chi connectivity index (χ1n) is 11.1. The number of benzene rings is 3. The van der Waals surface area contributed by atoms with Gasteiger partial charge in [0.1, 0.15) is 11.9 Å². The van der Waals surface area contributed by atoms with E-state index in [-0.39, 0.29) is 12.0 Å². The van der Waals surface area contributed by atoms with Gasteiger partial charge in [0.2, 0.25) is 5.91 Å². The number of hydrogen-bond donors (Lipinski definition) is 2. The van der Waals surface area contributed by atoms with Crippen LogP contribution in [-0.2, 0) is 16.0 Å². The number of anilines is 1. The van der Waals surface area contributed by atoms with E-state index in [1.165, 1.54) is 18.2 Å². The van der Waals surface area contributed by atoms with E-state index in [0.717, 1.165) is 24.5 Å². The van der Waals surface area contributed by atoms with E-state index in [2.05, 4.69) is 10.6 Å². The number of amides is 2. The summed E-state index contributed by atoms with van der Waals surface area (Å²) in [7, 11) is 0. The van der Waals surface area contributed by atoms with Crippen molar-refractivity contribution < 1.29 is 23.5 Å². The van der Waals surface area contributed by atoms with E-state index >= 15 is 0 Å². The Morgan fingerprint density at radius 3 is 2.32 bits per heavy atom. The topological polar surface area (TPSA) is 84.5 Å². The first kappa shape index (κ1) is 24.6. The van der Waals surface area contributed by atoms with Crippen molar-refractivity contribution in [1.82, 2.24) is 5.32 Å². The van der Waals surface area contributed by atoms with Crippen LogP contribution in [0.5, 0.6) is 0 Å². The Hall–Kier alpha value is -4.00. The maximum absolute atomic E-state index is 13.5. The lowest BCUT2D eigenvalue weighted by atomic mass is 10.0. The van der Waals surface area contributed by atoms with Crippen molar-refractivity contribution in [3.63, 3.8) is 0 Å². The molecule has 0 aliphatic rings. The second-order valence-corrected chi connectivity index (χ2v) is 7.78. The first-order chi connectivity index (χ1) is 16.5. The Morgan fingerprint density at radius 2 is 1.65 bits per heavy atom. The molecule has 0 fully saturated rings. The summed E-state index contributed by atoms with van der Waals surface area (Å²) in [4.78, 5) is 37.8. The number of ether oxygens (including phenoxy) is 1. The Kier molecular flexibility index (Phi) is 8.91. The van der Waals surface area contributed by atoms with Gasteiger partial charge in [-0.3, -0.25) is 9.59 Å². The molecule has 0 heterocycles. The standard InChI is InChI=1S/C27H27FN2O4/c1-2-3-16-34-27(33)20-12-14-23(15-13-20)29-26(32)24(17-19-8-5-4-6-9-19)30-25(31)21-10-7-11-22(28)18-21/h4-15,18,24H,2-3,16-17H2,1H3,(H,29,32)(H,30,31). The van der Waals surface area contributed by atoms with E-state index in [4.69, 9.17) is 4.74 Å². The predicted molar refractivity (Wildman–Crippen MR) is 128 cm³/mol. The number of rotatable bonds is 10. The highest BCUT2D eigenvalue weighted by Crippen LogP contribution is 2.13. The zero-order valence-electron chi connectivity index (χ0n) is 18.9. The number of hydrogen-bond acceptors (Lipinski definition) is 4. The zero-order chi connectivity index (χ0) is 24.3. The van der Waals surface area contributed by atoms with Gasteiger partial charge in [-0.2, -0.15) is 0 Å². The number of unbranched alkanes of at least 4 members (excludes halogenated alkanes) is 1. The Balaban J connectivity index is 1.70. The van der Waals surface area contributed by atoms with Gasteiger partial charge in [0.05, 0.1) is 12.2 Å². The highest BCUT2D eigenvalue weighted by Gasteiger charge is 2.22. The molecule has 0 bridgehead atoms. The summed E-state index contributed by atoms with van der Waals surface area (Å²) in [5.74, 6) is -1.95. The molecule has 176 valence electrons. The number of esters is 1. The molecule has 34 heavy (non-hydrogen) atoms. The van der Waals surface area contributed by atoms with Crippen molar-refractivity contribution in [2.75, 3.05) is 11.9 Å². The lowest BCUT2D eigenvalue weighted by Crippen LogP contribution is -2.45. The molecule has 0 saturated heterocycles. The van der Waals surface area contributed by atoms with Gasteiger partial charge in [-0.25, -0.2) is 9.18 Å². The molecular formula is C27H27FN2O4. The Labute approximate surface area is 198 Å². The van der Waals surface area contributed by atoms with E-state index < -0.39 is 29.6 Å². The summed E-state index contributed by atoms with van der Waals surface area (Å²) in [5.41, 5.74) is 1.83. The summed E-state index contributed by atoms with van der Waals surface area (Å²) < 4.78 is 18.7. The molecule has 2 N–H and O–H groups in total. The fourth-order valence-electron chi connectivity index (χ4n) is 3.24. The van der Waals surface area contributed by atoms with E-state index in [9.17, 15) is 18.8 Å². The normalized spacial score (nSPS) is 11.4. The average Bonchev–Trinajstić information content (AvgIpc) is 2.84. The minimum Gasteiger partial charge on any atom is -0.462 e.